The van der Waals surface area contributed by atoms with Gasteiger partial charge in [-0.25, -0.2) is 4.39 Å². The number of hydrogen-bond acceptors (Lipinski definition) is 4. The zero-order chi connectivity index (χ0) is 22.9. The lowest BCUT2D eigenvalue weighted by Crippen LogP contribution is -2.25. The van der Waals surface area contributed by atoms with Crippen molar-refractivity contribution in [3.8, 4) is 0 Å². The van der Waals surface area contributed by atoms with Crippen LogP contribution in [0.2, 0.25) is 0 Å². The molecule has 0 bridgehead atoms. The molecule has 7 nitrogen and oxygen atoms in total. The molecule has 0 aliphatic carbocycles. The van der Waals surface area contributed by atoms with E-state index >= 15 is 0 Å². The first kappa shape index (κ1) is 21.9. The Labute approximate surface area is 179 Å². The average Bonchev–Trinajstić information content (AvgIpc) is 2.94. The molecule has 2 heterocycles. The standard InChI is InChI=1S/C23H23FN4O3/c1-12-10-16(8-9-18(12)24)26-22(30)19-14(3)20(28(5)15(19)4)21(29)23(31)27-17-7-6-13(2)25-11-17/h6-11H,1-5H3,(H,26,30)(H,27,31). The van der Waals surface area contributed by atoms with Crippen molar-refractivity contribution in [1.29, 1.82) is 0 Å². The van der Waals surface area contributed by atoms with Crippen LogP contribution in [0.25, 0.3) is 0 Å². The van der Waals surface area contributed by atoms with Crippen molar-refractivity contribution >= 4 is 29.0 Å². The van der Waals surface area contributed by atoms with Crippen molar-refractivity contribution in [2.45, 2.75) is 27.7 Å². The largest absolute Gasteiger partial charge is 0.344 e. The molecular formula is C23H23FN4O3. The topological polar surface area (TPSA) is 93.1 Å². The second-order valence-corrected chi connectivity index (χ2v) is 7.38. The molecule has 0 aliphatic rings. The van der Waals surface area contributed by atoms with Crippen LogP contribution in [0, 0.1) is 33.5 Å². The van der Waals surface area contributed by atoms with Crippen LogP contribution in [0.1, 0.15) is 43.4 Å². The molecule has 0 atom stereocenters. The van der Waals surface area contributed by atoms with E-state index in [4.69, 9.17) is 0 Å². The van der Waals surface area contributed by atoms with E-state index in [1.54, 1.807) is 40.0 Å². The number of nitrogens with one attached hydrogen (secondary N) is 2. The molecule has 3 rings (SSSR count). The molecule has 0 radical (unpaired) electrons. The molecule has 0 saturated heterocycles. The van der Waals surface area contributed by atoms with Gasteiger partial charge in [-0.3, -0.25) is 19.4 Å². The molecule has 0 saturated carbocycles. The Balaban J connectivity index is 1.87. The smallest absolute Gasteiger partial charge is 0.298 e. The molecule has 0 aliphatic heterocycles. The van der Waals surface area contributed by atoms with E-state index in [9.17, 15) is 18.8 Å². The maximum atomic E-state index is 13.5. The minimum absolute atomic E-state index is 0.121. The lowest BCUT2D eigenvalue weighted by atomic mass is 10.1. The Morgan fingerprint density at radius 1 is 0.968 bits per heavy atom. The van der Waals surface area contributed by atoms with Gasteiger partial charge in [0.25, 0.3) is 17.6 Å². The second kappa shape index (κ2) is 8.51. The molecule has 3 aromatic rings. The zero-order valence-electron chi connectivity index (χ0n) is 18.0. The van der Waals surface area contributed by atoms with Gasteiger partial charge in [0, 0.05) is 24.1 Å². The van der Waals surface area contributed by atoms with Crippen LogP contribution in [0.15, 0.2) is 36.5 Å². The highest BCUT2D eigenvalue weighted by Crippen LogP contribution is 2.24. The van der Waals surface area contributed by atoms with E-state index < -0.39 is 17.6 Å². The molecular weight excluding hydrogens is 399 g/mol. The molecule has 2 amide bonds. The monoisotopic (exact) mass is 422 g/mol. The number of halogens is 1. The van der Waals surface area contributed by atoms with Crippen LogP contribution in [-0.4, -0.2) is 27.1 Å². The third-order valence-electron chi connectivity index (χ3n) is 5.16. The van der Waals surface area contributed by atoms with Gasteiger partial charge in [-0.05, 0) is 69.2 Å². The fraction of sp³-hybridized carbons (Fsp3) is 0.217. The summed E-state index contributed by atoms with van der Waals surface area (Å²) in [6.07, 6.45) is 1.47. The number of amides is 2. The van der Waals surface area contributed by atoms with Gasteiger partial charge < -0.3 is 15.2 Å². The summed E-state index contributed by atoms with van der Waals surface area (Å²) >= 11 is 0. The number of carbonyl (C=O) groups is 3. The van der Waals surface area contributed by atoms with Crippen molar-refractivity contribution in [2.75, 3.05) is 10.6 Å². The number of anilines is 2. The summed E-state index contributed by atoms with van der Waals surface area (Å²) in [6.45, 7) is 6.72. The number of benzene rings is 1. The highest BCUT2D eigenvalue weighted by molar-refractivity contribution is 6.46. The predicted molar refractivity (Wildman–Crippen MR) is 116 cm³/mol. The Hall–Kier alpha value is -3.81. The SMILES string of the molecule is Cc1ccc(NC(=O)C(=O)c2c(C)c(C(=O)Nc3ccc(F)c(C)c3)c(C)n2C)cn1. The lowest BCUT2D eigenvalue weighted by Gasteiger charge is -2.08. The van der Waals surface area contributed by atoms with Crippen LogP contribution in [0.4, 0.5) is 15.8 Å². The van der Waals surface area contributed by atoms with Crippen LogP contribution in [0.3, 0.4) is 0 Å². The summed E-state index contributed by atoms with van der Waals surface area (Å²) in [7, 11) is 1.62. The summed E-state index contributed by atoms with van der Waals surface area (Å²) in [4.78, 5) is 42.4. The van der Waals surface area contributed by atoms with Crippen LogP contribution in [0.5, 0.6) is 0 Å². The summed E-state index contributed by atoms with van der Waals surface area (Å²) in [5, 5.41) is 5.25. The highest BCUT2D eigenvalue weighted by atomic mass is 19.1. The summed E-state index contributed by atoms with van der Waals surface area (Å²) < 4.78 is 15.0. The van der Waals surface area contributed by atoms with Crippen molar-refractivity contribution in [3.63, 3.8) is 0 Å². The highest BCUT2D eigenvalue weighted by Gasteiger charge is 2.28. The molecule has 31 heavy (non-hydrogen) atoms. The third-order valence-corrected chi connectivity index (χ3v) is 5.16. The number of carbonyl (C=O) groups excluding carboxylic acids is 3. The molecule has 1 aromatic carbocycles. The normalized spacial score (nSPS) is 10.6. The minimum Gasteiger partial charge on any atom is -0.344 e. The van der Waals surface area contributed by atoms with Gasteiger partial charge in [-0.15, -0.1) is 0 Å². The van der Waals surface area contributed by atoms with E-state index in [0.29, 0.717) is 28.2 Å². The van der Waals surface area contributed by atoms with E-state index in [1.165, 1.54) is 29.0 Å². The number of pyridine rings is 1. The fourth-order valence-electron chi connectivity index (χ4n) is 3.39. The van der Waals surface area contributed by atoms with Gasteiger partial charge in [0.05, 0.1) is 23.1 Å². The molecule has 0 fully saturated rings. The molecule has 0 unspecified atom stereocenters. The van der Waals surface area contributed by atoms with Crippen molar-refractivity contribution in [2.24, 2.45) is 7.05 Å². The van der Waals surface area contributed by atoms with Gasteiger partial charge in [-0.2, -0.15) is 0 Å². The molecule has 2 aromatic heterocycles. The zero-order valence-corrected chi connectivity index (χ0v) is 18.0. The Morgan fingerprint density at radius 2 is 1.65 bits per heavy atom. The maximum absolute atomic E-state index is 13.5. The summed E-state index contributed by atoms with van der Waals surface area (Å²) in [5.41, 5.74) is 3.34. The van der Waals surface area contributed by atoms with Gasteiger partial charge in [-0.1, -0.05) is 0 Å². The van der Waals surface area contributed by atoms with Crippen molar-refractivity contribution in [3.05, 3.63) is 76.1 Å². The molecule has 160 valence electrons. The number of rotatable bonds is 5. The van der Waals surface area contributed by atoms with Gasteiger partial charge in [0.2, 0.25) is 0 Å². The fourth-order valence-corrected chi connectivity index (χ4v) is 3.39. The predicted octanol–water partition coefficient (Wildman–Crippen LogP) is 3.87. The Morgan fingerprint density at radius 3 is 2.26 bits per heavy atom. The first-order valence-electron chi connectivity index (χ1n) is 9.61. The third kappa shape index (κ3) is 4.37. The lowest BCUT2D eigenvalue weighted by molar-refractivity contribution is -0.112. The van der Waals surface area contributed by atoms with Gasteiger partial charge in [0.1, 0.15) is 5.82 Å². The Kier molecular flexibility index (Phi) is 6.01. The minimum atomic E-state index is -0.824. The molecule has 0 spiro atoms. The molecule has 2 N–H and O–H groups in total. The number of aryl methyl sites for hydroxylation is 2. The van der Waals surface area contributed by atoms with E-state index in [0.717, 1.165) is 5.69 Å². The first-order valence-corrected chi connectivity index (χ1v) is 9.61. The number of nitrogens with zero attached hydrogens (tertiary/aromatic N) is 2. The van der Waals surface area contributed by atoms with Crippen LogP contribution >= 0.6 is 0 Å². The van der Waals surface area contributed by atoms with Gasteiger partial charge >= 0.3 is 0 Å². The average molecular weight is 422 g/mol. The van der Waals surface area contributed by atoms with Crippen molar-refractivity contribution in [1.82, 2.24) is 9.55 Å². The Bertz CT molecular complexity index is 1200. The second-order valence-electron chi connectivity index (χ2n) is 7.38. The van der Waals surface area contributed by atoms with Gasteiger partial charge in [0.15, 0.2) is 0 Å². The quantitative estimate of drug-likeness (QED) is 0.482. The number of hydrogen-bond donors (Lipinski definition) is 2. The number of ketones is 1. The number of Topliss-reactive ketones (excluding diaryl/α,β-unsaturated/α-hetero) is 1. The van der Waals surface area contributed by atoms with E-state index in [-0.39, 0.29) is 17.1 Å². The maximum Gasteiger partial charge on any atom is 0.298 e. The van der Waals surface area contributed by atoms with E-state index in [1.807, 2.05) is 6.92 Å². The first-order chi connectivity index (χ1) is 14.6. The van der Waals surface area contributed by atoms with Crippen LogP contribution < -0.4 is 10.6 Å². The van der Waals surface area contributed by atoms with Crippen molar-refractivity contribution < 1.29 is 18.8 Å². The summed E-state index contributed by atoms with van der Waals surface area (Å²) in [6, 6.07) is 7.63. The number of aromatic nitrogens is 2. The summed E-state index contributed by atoms with van der Waals surface area (Å²) in [5.74, 6) is -2.40. The van der Waals surface area contributed by atoms with Crippen LogP contribution in [-0.2, 0) is 11.8 Å². The molecule has 8 heteroatoms. The van der Waals surface area contributed by atoms with E-state index in [2.05, 4.69) is 15.6 Å².